The molecule has 0 aromatic heterocycles. The van der Waals surface area contributed by atoms with Gasteiger partial charge >= 0.3 is 0 Å². The minimum Gasteiger partial charge on any atom is -0.350 e. The van der Waals surface area contributed by atoms with Crippen LogP contribution in [0, 0.1) is 0 Å². The Balaban J connectivity index is 1.88. The maximum absolute atomic E-state index is 13.7. The Labute approximate surface area is 238 Å². The first-order valence-electron chi connectivity index (χ1n) is 11.9. The standard InChI is InChI=1S/C29H31Cl3N2O2S/c1-29(2,3)33-28(36)26(16-20-9-5-4-6-10-20)34(17-22-11-7-8-12-23(22)30)27(35)19-37-18-21-13-14-24(31)25(32)15-21/h4-15,26H,16-19H2,1-3H3,(H,33,36)/t26-/m0/s1. The minimum atomic E-state index is -0.712. The molecule has 0 bridgehead atoms. The van der Waals surface area contributed by atoms with Crippen LogP contribution in [0.3, 0.4) is 0 Å². The molecular formula is C29H31Cl3N2O2S. The van der Waals surface area contributed by atoms with Crippen molar-refractivity contribution in [2.75, 3.05) is 5.75 Å². The van der Waals surface area contributed by atoms with Gasteiger partial charge in [0.05, 0.1) is 15.8 Å². The Morgan fingerprint density at radius 2 is 1.54 bits per heavy atom. The predicted octanol–water partition coefficient (Wildman–Crippen LogP) is 7.43. The van der Waals surface area contributed by atoms with Crippen LogP contribution >= 0.6 is 46.6 Å². The van der Waals surface area contributed by atoms with Crippen LogP contribution in [0.1, 0.15) is 37.5 Å². The summed E-state index contributed by atoms with van der Waals surface area (Å²) in [7, 11) is 0. The van der Waals surface area contributed by atoms with Crippen molar-refractivity contribution in [2.24, 2.45) is 0 Å². The zero-order valence-electron chi connectivity index (χ0n) is 21.1. The van der Waals surface area contributed by atoms with Crippen LogP contribution in [-0.2, 0) is 28.3 Å². The lowest BCUT2D eigenvalue weighted by Gasteiger charge is -2.34. The molecule has 0 aliphatic heterocycles. The summed E-state index contributed by atoms with van der Waals surface area (Å²) >= 11 is 20.1. The fourth-order valence-electron chi connectivity index (χ4n) is 3.79. The van der Waals surface area contributed by atoms with Crippen LogP contribution in [0.15, 0.2) is 72.8 Å². The van der Waals surface area contributed by atoms with Gasteiger partial charge in [-0.3, -0.25) is 9.59 Å². The van der Waals surface area contributed by atoms with Crippen molar-refractivity contribution < 1.29 is 9.59 Å². The van der Waals surface area contributed by atoms with Gasteiger partial charge in [-0.25, -0.2) is 0 Å². The van der Waals surface area contributed by atoms with E-state index >= 15 is 0 Å². The first kappa shape index (κ1) is 29.4. The van der Waals surface area contributed by atoms with Gasteiger partial charge < -0.3 is 10.2 Å². The van der Waals surface area contributed by atoms with Gasteiger partial charge in [-0.05, 0) is 55.7 Å². The van der Waals surface area contributed by atoms with Crippen molar-refractivity contribution in [1.82, 2.24) is 10.2 Å². The predicted molar refractivity (Wildman–Crippen MR) is 156 cm³/mol. The van der Waals surface area contributed by atoms with E-state index in [0.29, 0.717) is 27.2 Å². The monoisotopic (exact) mass is 576 g/mol. The number of hydrogen-bond donors (Lipinski definition) is 1. The molecule has 0 saturated carbocycles. The summed E-state index contributed by atoms with van der Waals surface area (Å²) in [4.78, 5) is 28.9. The number of benzene rings is 3. The molecule has 1 atom stereocenters. The van der Waals surface area contributed by atoms with E-state index in [2.05, 4.69) is 5.32 Å². The lowest BCUT2D eigenvalue weighted by molar-refractivity contribution is -0.140. The van der Waals surface area contributed by atoms with Crippen LogP contribution < -0.4 is 5.32 Å². The van der Waals surface area contributed by atoms with Gasteiger partial charge in [0.25, 0.3) is 0 Å². The maximum atomic E-state index is 13.7. The molecule has 0 saturated heterocycles. The molecule has 0 spiro atoms. The van der Waals surface area contributed by atoms with Crippen molar-refractivity contribution >= 4 is 58.4 Å². The summed E-state index contributed by atoms with van der Waals surface area (Å²) in [5.41, 5.74) is 2.27. The first-order valence-corrected chi connectivity index (χ1v) is 14.2. The fourth-order valence-corrected chi connectivity index (χ4v) is 5.16. The van der Waals surface area contributed by atoms with Gasteiger partial charge in [0.15, 0.2) is 0 Å². The number of rotatable bonds is 10. The van der Waals surface area contributed by atoms with Gasteiger partial charge in [0.1, 0.15) is 6.04 Å². The van der Waals surface area contributed by atoms with Crippen molar-refractivity contribution in [3.8, 4) is 0 Å². The van der Waals surface area contributed by atoms with Crippen molar-refractivity contribution in [3.63, 3.8) is 0 Å². The van der Waals surface area contributed by atoms with E-state index in [9.17, 15) is 9.59 Å². The third kappa shape index (κ3) is 9.26. The molecule has 0 aliphatic carbocycles. The second-order valence-electron chi connectivity index (χ2n) is 9.80. The quantitative estimate of drug-likeness (QED) is 0.272. The number of carbonyl (C=O) groups is 2. The zero-order chi connectivity index (χ0) is 27.0. The molecule has 0 aliphatic rings. The SMILES string of the molecule is CC(C)(C)NC(=O)[C@H](Cc1ccccc1)N(Cc1ccccc1Cl)C(=O)CSCc1ccc(Cl)c(Cl)c1. The zero-order valence-corrected chi connectivity index (χ0v) is 24.2. The molecule has 3 aromatic rings. The smallest absolute Gasteiger partial charge is 0.243 e. The van der Waals surface area contributed by atoms with Crippen molar-refractivity contribution in [2.45, 2.75) is 51.1 Å². The molecule has 3 rings (SSSR count). The summed E-state index contributed by atoms with van der Waals surface area (Å²) in [5, 5.41) is 4.59. The first-order chi connectivity index (χ1) is 17.5. The van der Waals surface area contributed by atoms with E-state index in [1.54, 1.807) is 23.1 Å². The Hall–Kier alpha value is -2.18. The minimum absolute atomic E-state index is 0.144. The summed E-state index contributed by atoms with van der Waals surface area (Å²) in [6.45, 7) is 6.01. The van der Waals surface area contributed by atoms with Crippen LogP contribution in [-0.4, -0.2) is 34.0 Å². The van der Waals surface area contributed by atoms with E-state index in [0.717, 1.165) is 16.7 Å². The maximum Gasteiger partial charge on any atom is 0.243 e. The highest BCUT2D eigenvalue weighted by Crippen LogP contribution is 2.26. The molecule has 1 N–H and O–H groups in total. The Morgan fingerprint density at radius 1 is 0.865 bits per heavy atom. The third-order valence-corrected chi connectivity index (χ3v) is 7.64. The summed E-state index contributed by atoms with van der Waals surface area (Å²) < 4.78 is 0. The summed E-state index contributed by atoms with van der Waals surface area (Å²) in [5.74, 6) is 0.431. The van der Waals surface area contributed by atoms with E-state index < -0.39 is 11.6 Å². The molecule has 196 valence electrons. The van der Waals surface area contributed by atoms with Crippen LogP contribution in [0.4, 0.5) is 0 Å². The average molecular weight is 578 g/mol. The lowest BCUT2D eigenvalue weighted by Crippen LogP contribution is -2.54. The number of nitrogens with zero attached hydrogens (tertiary/aromatic N) is 1. The highest BCUT2D eigenvalue weighted by Gasteiger charge is 2.32. The molecular weight excluding hydrogens is 547 g/mol. The van der Waals surface area contributed by atoms with Crippen LogP contribution in [0.2, 0.25) is 15.1 Å². The molecule has 4 nitrogen and oxygen atoms in total. The third-order valence-electron chi connectivity index (χ3n) is 5.55. The number of halogens is 3. The second-order valence-corrected chi connectivity index (χ2v) is 12.0. The van der Waals surface area contributed by atoms with E-state index in [1.165, 1.54) is 11.8 Å². The van der Waals surface area contributed by atoms with E-state index in [1.807, 2.05) is 75.4 Å². The number of nitrogens with one attached hydrogen (secondary N) is 1. The number of hydrogen-bond acceptors (Lipinski definition) is 3. The largest absolute Gasteiger partial charge is 0.350 e. The highest BCUT2D eigenvalue weighted by atomic mass is 35.5. The number of amides is 2. The lowest BCUT2D eigenvalue weighted by atomic mass is 10.0. The topological polar surface area (TPSA) is 49.4 Å². The molecule has 3 aromatic carbocycles. The van der Waals surface area contributed by atoms with Gasteiger partial charge in [0.2, 0.25) is 11.8 Å². The van der Waals surface area contributed by atoms with Gasteiger partial charge in [-0.15, -0.1) is 11.8 Å². The molecule has 37 heavy (non-hydrogen) atoms. The number of carbonyl (C=O) groups excluding carboxylic acids is 2. The van der Waals surface area contributed by atoms with Gasteiger partial charge in [-0.2, -0.15) is 0 Å². The Morgan fingerprint density at radius 3 is 2.19 bits per heavy atom. The molecule has 2 amide bonds. The molecule has 0 heterocycles. The molecule has 8 heteroatoms. The van der Waals surface area contributed by atoms with Crippen LogP contribution in [0.25, 0.3) is 0 Å². The highest BCUT2D eigenvalue weighted by molar-refractivity contribution is 7.99. The van der Waals surface area contributed by atoms with Gasteiger partial charge in [0, 0.05) is 29.3 Å². The molecule has 0 unspecified atom stereocenters. The van der Waals surface area contributed by atoms with E-state index in [-0.39, 0.29) is 24.1 Å². The second kappa shape index (κ2) is 13.6. The van der Waals surface area contributed by atoms with Crippen molar-refractivity contribution in [1.29, 1.82) is 0 Å². The Bertz CT molecular complexity index is 1220. The normalized spacial score (nSPS) is 12.2. The molecule has 0 fully saturated rings. The van der Waals surface area contributed by atoms with Crippen molar-refractivity contribution in [3.05, 3.63) is 105 Å². The number of thioether (sulfide) groups is 1. The summed E-state index contributed by atoms with van der Waals surface area (Å²) in [6.07, 6.45) is 0.385. The summed E-state index contributed by atoms with van der Waals surface area (Å²) in [6, 6.07) is 21.9. The van der Waals surface area contributed by atoms with Gasteiger partial charge in [-0.1, -0.05) is 89.4 Å². The average Bonchev–Trinajstić information content (AvgIpc) is 2.84. The molecule has 0 radical (unpaired) electrons. The Kier molecular flexibility index (Phi) is 10.8. The fraction of sp³-hybridized carbons (Fsp3) is 0.310. The van der Waals surface area contributed by atoms with E-state index in [4.69, 9.17) is 34.8 Å². The van der Waals surface area contributed by atoms with Crippen LogP contribution in [0.5, 0.6) is 0 Å².